The second-order valence-corrected chi connectivity index (χ2v) is 7.36. The molecule has 0 unspecified atom stereocenters. The molecular weight excluding hydrogens is 335 g/mol. The van der Waals surface area contributed by atoms with Crippen LogP contribution < -0.4 is 4.31 Å². The van der Waals surface area contributed by atoms with Gasteiger partial charge in [0.2, 0.25) is 0 Å². The van der Waals surface area contributed by atoms with Crippen LogP contribution in [0.1, 0.15) is 0 Å². The van der Waals surface area contributed by atoms with Crippen LogP contribution in [-0.2, 0) is 10.0 Å². The Morgan fingerprint density at radius 2 is 1.65 bits per heavy atom. The van der Waals surface area contributed by atoms with E-state index >= 15 is 0 Å². The molecule has 0 N–H and O–H groups in total. The Morgan fingerprint density at radius 1 is 1.05 bits per heavy atom. The molecule has 9 heteroatoms. The average Bonchev–Trinajstić information content (AvgIpc) is 2.76. The van der Waals surface area contributed by atoms with Crippen LogP contribution in [0.4, 0.5) is 18.9 Å². The third kappa shape index (κ3) is 2.92. The molecule has 0 bridgehead atoms. The first kappa shape index (κ1) is 15.1. The summed E-state index contributed by atoms with van der Waals surface area (Å²) < 4.78 is 62.7. The van der Waals surface area contributed by atoms with Crippen molar-refractivity contribution in [1.82, 2.24) is 0 Å². The van der Waals surface area contributed by atoms with Crippen LogP contribution in [-0.4, -0.2) is 14.7 Å². The van der Waals surface area contributed by atoms with Crippen molar-refractivity contribution < 1.29 is 21.6 Å². The van der Waals surface area contributed by atoms with E-state index in [1.165, 1.54) is 24.3 Å². The van der Waals surface area contributed by atoms with Crippen molar-refractivity contribution in [3.05, 3.63) is 46.8 Å². The number of sulfonamides is 1. The SMILES string of the molecule is O=S(=O)(c1ccc(Cl)s1)N(c1ccccc1)C(F)(F)F. The van der Waals surface area contributed by atoms with Crippen molar-refractivity contribution in [3.8, 4) is 0 Å². The standard InChI is InChI=1S/C11H7ClF3NO2S2/c12-9-6-7-10(19-9)20(17,18)16(11(13,14)15)8-4-2-1-3-5-8/h1-7H. The molecule has 0 atom stereocenters. The summed E-state index contributed by atoms with van der Waals surface area (Å²) >= 11 is 6.16. The lowest BCUT2D eigenvalue weighted by molar-refractivity contribution is -0.115. The fraction of sp³-hybridized carbons (Fsp3) is 0.0909. The van der Waals surface area contributed by atoms with E-state index in [4.69, 9.17) is 11.6 Å². The number of alkyl halides is 3. The van der Waals surface area contributed by atoms with Crippen LogP contribution in [0.2, 0.25) is 4.34 Å². The Balaban J connectivity index is 2.59. The lowest BCUT2D eigenvalue weighted by Gasteiger charge is -2.25. The predicted octanol–water partition coefficient (Wildman–Crippen LogP) is 4.12. The van der Waals surface area contributed by atoms with E-state index in [2.05, 4.69) is 0 Å². The molecule has 2 rings (SSSR count). The number of halogens is 4. The van der Waals surface area contributed by atoms with Gasteiger partial charge in [-0.15, -0.1) is 24.5 Å². The molecule has 0 aliphatic heterocycles. The van der Waals surface area contributed by atoms with Crippen molar-refractivity contribution in [1.29, 1.82) is 0 Å². The molecule has 0 radical (unpaired) electrons. The fourth-order valence-electron chi connectivity index (χ4n) is 1.51. The zero-order valence-electron chi connectivity index (χ0n) is 9.63. The Kier molecular flexibility index (Phi) is 3.99. The smallest absolute Gasteiger partial charge is 0.200 e. The van der Waals surface area contributed by atoms with Gasteiger partial charge in [0.15, 0.2) is 0 Å². The molecule has 108 valence electrons. The van der Waals surface area contributed by atoms with Gasteiger partial charge in [0.05, 0.1) is 10.0 Å². The van der Waals surface area contributed by atoms with Gasteiger partial charge in [-0.3, -0.25) is 0 Å². The van der Waals surface area contributed by atoms with E-state index in [-0.39, 0.29) is 4.34 Å². The van der Waals surface area contributed by atoms with Crippen LogP contribution in [0.5, 0.6) is 0 Å². The maximum atomic E-state index is 13.1. The molecule has 1 heterocycles. The minimum atomic E-state index is -5.07. The number of anilines is 1. The summed E-state index contributed by atoms with van der Waals surface area (Å²) in [6.07, 6.45) is -5.07. The number of rotatable bonds is 3. The highest BCUT2D eigenvalue weighted by Gasteiger charge is 2.47. The molecule has 0 saturated heterocycles. The molecule has 0 aliphatic rings. The summed E-state index contributed by atoms with van der Waals surface area (Å²) in [4.78, 5) is 0. The van der Waals surface area contributed by atoms with E-state index in [0.717, 1.165) is 18.2 Å². The van der Waals surface area contributed by atoms with E-state index in [1.807, 2.05) is 0 Å². The van der Waals surface area contributed by atoms with Crippen molar-refractivity contribution in [2.75, 3.05) is 4.31 Å². The van der Waals surface area contributed by atoms with Gasteiger partial charge in [-0.05, 0) is 24.3 Å². The zero-order valence-corrected chi connectivity index (χ0v) is 12.0. The molecule has 1 aromatic heterocycles. The van der Waals surface area contributed by atoms with Gasteiger partial charge in [-0.2, -0.15) is 12.7 Å². The normalized spacial score (nSPS) is 12.4. The van der Waals surface area contributed by atoms with Crippen molar-refractivity contribution in [2.24, 2.45) is 0 Å². The van der Waals surface area contributed by atoms with Crippen LogP contribution in [0.15, 0.2) is 46.7 Å². The lowest BCUT2D eigenvalue weighted by Crippen LogP contribution is -2.42. The summed E-state index contributed by atoms with van der Waals surface area (Å²) in [5.41, 5.74) is -0.482. The van der Waals surface area contributed by atoms with E-state index in [1.54, 1.807) is 0 Å². The van der Waals surface area contributed by atoms with Crippen molar-refractivity contribution in [2.45, 2.75) is 10.5 Å². The summed E-state index contributed by atoms with van der Waals surface area (Å²) in [5.74, 6) is 0. The summed E-state index contributed by atoms with van der Waals surface area (Å²) in [6.45, 7) is 0. The summed E-state index contributed by atoms with van der Waals surface area (Å²) in [5, 5.41) is 0. The first-order valence-electron chi connectivity index (χ1n) is 5.15. The first-order chi connectivity index (χ1) is 9.23. The van der Waals surface area contributed by atoms with Gasteiger partial charge in [0.1, 0.15) is 4.21 Å². The topological polar surface area (TPSA) is 37.4 Å². The van der Waals surface area contributed by atoms with Crippen molar-refractivity contribution >= 4 is 38.6 Å². The highest BCUT2D eigenvalue weighted by molar-refractivity contribution is 7.94. The number of hydrogen-bond acceptors (Lipinski definition) is 3. The Labute approximate surface area is 122 Å². The van der Waals surface area contributed by atoms with Crippen molar-refractivity contribution in [3.63, 3.8) is 0 Å². The Hall–Kier alpha value is -1.25. The summed E-state index contributed by atoms with van der Waals surface area (Å²) in [7, 11) is -4.75. The zero-order chi connectivity index (χ0) is 15.0. The van der Waals surface area contributed by atoms with E-state index in [0.29, 0.717) is 11.3 Å². The number of hydrogen-bond donors (Lipinski definition) is 0. The molecule has 1 aromatic carbocycles. The number of nitrogens with zero attached hydrogens (tertiary/aromatic N) is 1. The number of thiophene rings is 1. The van der Waals surface area contributed by atoms with Gasteiger partial charge in [-0.1, -0.05) is 29.8 Å². The molecule has 2 aromatic rings. The van der Waals surface area contributed by atoms with Gasteiger partial charge >= 0.3 is 6.30 Å². The maximum Gasteiger partial charge on any atom is 0.498 e. The first-order valence-corrected chi connectivity index (χ1v) is 7.79. The van der Waals surface area contributed by atoms with Crippen LogP contribution in [0.3, 0.4) is 0 Å². The molecule has 20 heavy (non-hydrogen) atoms. The Morgan fingerprint density at radius 3 is 2.10 bits per heavy atom. The largest absolute Gasteiger partial charge is 0.498 e. The molecular formula is C11H7ClF3NO2S2. The number of para-hydroxylation sites is 1. The highest BCUT2D eigenvalue weighted by atomic mass is 35.5. The third-order valence-corrected chi connectivity index (χ3v) is 5.71. The fourth-order valence-corrected chi connectivity index (χ4v) is 4.43. The van der Waals surface area contributed by atoms with Crippen LogP contribution in [0.25, 0.3) is 0 Å². The van der Waals surface area contributed by atoms with Gasteiger partial charge in [-0.25, -0.2) is 0 Å². The lowest BCUT2D eigenvalue weighted by atomic mass is 10.3. The quantitative estimate of drug-likeness (QED) is 0.788. The predicted molar refractivity (Wildman–Crippen MR) is 71.5 cm³/mol. The monoisotopic (exact) mass is 341 g/mol. The molecule has 3 nitrogen and oxygen atoms in total. The van der Waals surface area contributed by atoms with E-state index in [9.17, 15) is 21.6 Å². The molecule has 0 saturated carbocycles. The molecule has 0 fully saturated rings. The Bertz CT molecular complexity index is 698. The maximum absolute atomic E-state index is 13.1. The minimum Gasteiger partial charge on any atom is -0.200 e. The number of benzene rings is 1. The second-order valence-electron chi connectivity index (χ2n) is 3.63. The summed E-state index contributed by atoms with van der Waals surface area (Å²) in [6, 6.07) is 8.56. The van der Waals surface area contributed by atoms with Gasteiger partial charge < -0.3 is 0 Å². The van der Waals surface area contributed by atoms with Gasteiger partial charge in [0, 0.05) is 0 Å². The van der Waals surface area contributed by atoms with Crippen LogP contribution in [0, 0.1) is 0 Å². The average molecular weight is 342 g/mol. The molecule has 0 spiro atoms. The van der Waals surface area contributed by atoms with Crippen LogP contribution >= 0.6 is 22.9 Å². The van der Waals surface area contributed by atoms with Gasteiger partial charge in [0.25, 0.3) is 10.0 Å². The highest BCUT2D eigenvalue weighted by Crippen LogP contribution is 2.37. The molecule has 0 aliphatic carbocycles. The minimum absolute atomic E-state index is 0.0961. The van der Waals surface area contributed by atoms with E-state index < -0.39 is 30.5 Å². The third-order valence-electron chi connectivity index (χ3n) is 2.26. The molecule has 0 amide bonds. The second kappa shape index (κ2) is 5.27.